The molecule has 1 aromatic rings. The summed E-state index contributed by atoms with van der Waals surface area (Å²) in [5, 5.41) is 4.18. The van der Waals surface area contributed by atoms with E-state index in [2.05, 4.69) is 15.6 Å². The molecule has 12 heavy (non-hydrogen) atoms. The Hall–Kier alpha value is -2.07. The predicted octanol–water partition coefficient (Wildman–Crippen LogP) is 1.85. The van der Waals surface area contributed by atoms with E-state index in [-0.39, 0.29) is 0 Å². The summed E-state index contributed by atoms with van der Waals surface area (Å²) in [5.74, 6) is 0.643. The van der Waals surface area contributed by atoms with Crippen LogP contribution in [0.3, 0.4) is 0 Å². The molecule has 1 N–H and O–H groups in total. The molecular formula is C6H5N5O. The standard InChI is InChI=1S/C6H5N5O/c7-9-10-11-8-5-3-1-2-4-6(5)12-11/h1-4,8H. The average molecular weight is 163 g/mol. The molecule has 0 bridgehead atoms. The van der Waals surface area contributed by atoms with Crippen LogP contribution in [0, 0.1) is 0 Å². The van der Waals surface area contributed by atoms with Crippen LogP contribution in [0.1, 0.15) is 0 Å². The van der Waals surface area contributed by atoms with Crippen molar-refractivity contribution in [3.63, 3.8) is 0 Å². The van der Waals surface area contributed by atoms with Crippen LogP contribution in [0.4, 0.5) is 5.69 Å². The Morgan fingerprint density at radius 3 is 3.08 bits per heavy atom. The van der Waals surface area contributed by atoms with Gasteiger partial charge in [-0.1, -0.05) is 12.1 Å². The smallest absolute Gasteiger partial charge is 0.211 e. The summed E-state index contributed by atoms with van der Waals surface area (Å²) in [5.41, 5.74) is 11.6. The number of nitrogens with zero attached hydrogens (tertiary/aromatic N) is 4. The van der Waals surface area contributed by atoms with E-state index in [1.165, 1.54) is 0 Å². The highest BCUT2D eigenvalue weighted by atomic mass is 16.8. The van der Waals surface area contributed by atoms with Crippen molar-refractivity contribution in [2.24, 2.45) is 5.22 Å². The van der Waals surface area contributed by atoms with Crippen molar-refractivity contribution in [3.8, 4) is 5.75 Å². The molecule has 0 saturated heterocycles. The maximum atomic E-state index is 8.10. The van der Waals surface area contributed by atoms with E-state index in [1.54, 1.807) is 6.07 Å². The summed E-state index contributed by atoms with van der Waals surface area (Å²) in [7, 11) is 0. The summed E-state index contributed by atoms with van der Waals surface area (Å²) < 4.78 is 0. The molecule has 0 spiro atoms. The highest BCUT2D eigenvalue weighted by Gasteiger charge is 2.21. The van der Waals surface area contributed by atoms with Crippen LogP contribution in [-0.4, -0.2) is 5.28 Å². The Labute approximate surface area is 67.9 Å². The number of nitrogens with one attached hydrogen (secondary N) is 1. The van der Waals surface area contributed by atoms with E-state index >= 15 is 0 Å². The normalized spacial score (nSPS) is 12.5. The molecule has 0 radical (unpaired) electrons. The SMILES string of the molecule is [N-]=[N+]=NN1Nc2ccccc2O1. The third kappa shape index (κ3) is 0.959. The van der Waals surface area contributed by atoms with E-state index in [9.17, 15) is 0 Å². The van der Waals surface area contributed by atoms with Gasteiger partial charge in [0.1, 0.15) is 5.69 Å². The molecule has 0 atom stereocenters. The fourth-order valence-corrected chi connectivity index (χ4v) is 0.935. The zero-order valence-corrected chi connectivity index (χ0v) is 6.01. The fraction of sp³-hybridized carbons (Fsp3) is 0. The minimum atomic E-state index is 0.643. The van der Waals surface area contributed by atoms with Crippen molar-refractivity contribution in [2.75, 3.05) is 5.43 Å². The highest BCUT2D eigenvalue weighted by molar-refractivity contribution is 5.57. The van der Waals surface area contributed by atoms with Gasteiger partial charge in [0.15, 0.2) is 0 Å². The Morgan fingerprint density at radius 2 is 2.33 bits per heavy atom. The molecule has 6 heteroatoms. The van der Waals surface area contributed by atoms with Crippen LogP contribution in [-0.2, 0) is 0 Å². The number of fused-ring (bicyclic) bond motifs is 1. The molecule has 0 unspecified atom stereocenters. The van der Waals surface area contributed by atoms with E-state index in [1.807, 2.05) is 18.2 Å². The average Bonchev–Trinajstić information content (AvgIpc) is 2.47. The number of anilines is 1. The van der Waals surface area contributed by atoms with Crippen molar-refractivity contribution >= 4 is 5.69 Å². The van der Waals surface area contributed by atoms with E-state index in [0.717, 1.165) is 11.0 Å². The van der Waals surface area contributed by atoms with Gasteiger partial charge in [0.05, 0.1) is 10.5 Å². The molecular weight excluding hydrogens is 158 g/mol. The number of azide groups is 1. The Bertz CT molecular complexity index is 321. The second-order valence-corrected chi connectivity index (χ2v) is 2.15. The minimum absolute atomic E-state index is 0.643. The largest absolute Gasteiger partial charge is 0.270 e. The topological polar surface area (TPSA) is 73.3 Å². The fourth-order valence-electron chi connectivity index (χ4n) is 0.935. The van der Waals surface area contributed by atoms with Crippen molar-refractivity contribution in [1.29, 1.82) is 0 Å². The third-order valence-corrected chi connectivity index (χ3v) is 1.41. The molecule has 1 heterocycles. The van der Waals surface area contributed by atoms with Gasteiger partial charge in [-0.2, -0.15) is 10.3 Å². The van der Waals surface area contributed by atoms with Gasteiger partial charge >= 0.3 is 0 Å². The summed E-state index contributed by atoms with van der Waals surface area (Å²) in [6.07, 6.45) is 0. The predicted molar refractivity (Wildman–Crippen MR) is 41.7 cm³/mol. The molecule has 60 valence electrons. The van der Waals surface area contributed by atoms with Crippen molar-refractivity contribution < 1.29 is 4.84 Å². The molecule has 0 aromatic heterocycles. The molecule has 0 aliphatic carbocycles. The first-order chi connectivity index (χ1) is 5.90. The first-order valence-electron chi connectivity index (χ1n) is 3.29. The molecule has 0 saturated carbocycles. The number of hydrazine groups is 1. The number of para-hydroxylation sites is 2. The van der Waals surface area contributed by atoms with Crippen LogP contribution in [0.25, 0.3) is 10.4 Å². The van der Waals surface area contributed by atoms with Gasteiger partial charge in [0.2, 0.25) is 5.75 Å². The summed E-state index contributed by atoms with van der Waals surface area (Å²) in [6.45, 7) is 0. The van der Waals surface area contributed by atoms with E-state index in [0.29, 0.717) is 5.75 Å². The summed E-state index contributed by atoms with van der Waals surface area (Å²) in [6, 6.07) is 7.28. The Kier molecular flexibility index (Phi) is 1.39. The second kappa shape index (κ2) is 2.52. The van der Waals surface area contributed by atoms with Gasteiger partial charge in [-0.25, -0.2) is 0 Å². The van der Waals surface area contributed by atoms with Crippen LogP contribution in [0.15, 0.2) is 29.5 Å². The molecule has 2 rings (SSSR count). The first kappa shape index (κ1) is 6.63. The van der Waals surface area contributed by atoms with Gasteiger partial charge in [-0.3, -0.25) is 4.84 Å². The molecule has 6 nitrogen and oxygen atoms in total. The number of hydrogen-bond donors (Lipinski definition) is 1. The maximum absolute atomic E-state index is 8.10. The third-order valence-electron chi connectivity index (χ3n) is 1.41. The number of rotatable bonds is 1. The maximum Gasteiger partial charge on any atom is 0.211 e. The molecule has 1 aliphatic rings. The van der Waals surface area contributed by atoms with Crippen molar-refractivity contribution in [1.82, 2.24) is 5.28 Å². The van der Waals surface area contributed by atoms with Crippen LogP contribution >= 0.6 is 0 Å². The lowest BCUT2D eigenvalue weighted by Gasteiger charge is -1.98. The zero-order chi connectivity index (χ0) is 8.39. The first-order valence-corrected chi connectivity index (χ1v) is 3.29. The van der Waals surface area contributed by atoms with Crippen molar-refractivity contribution in [3.05, 3.63) is 34.7 Å². The van der Waals surface area contributed by atoms with E-state index < -0.39 is 0 Å². The Balaban J connectivity index is 2.27. The van der Waals surface area contributed by atoms with Crippen LogP contribution < -0.4 is 10.3 Å². The van der Waals surface area contributed by atoms with Gasteiger partial charge in [0.25, 0.3) is 0 Å². The minimum Gasteiger partial charge on any atom is -0.270 e. The lowest BCUT2D eigenvalue weighted by atomic mass is 10.3. The zero-order valence-electron chi connectivity index (χ0n) is 6.01. The summed E-state index contributed by atoms with van der Waals surface area (Å²) in [4.78, 5) is 7.61. The molecule has 0 fully saturated rings. The Morgan fingerprint density at radius 1 is 1.50 bits per heavy atom. The van der Waals surface area contributed by atoms with Crippen LogP contribution in [0.2, 0.25) is 0 Å². The highest BCUT2D eigenvalue weighted by Crippen LogP contribution is 2.30. The second-order valence-electron chi connectivity index (χ2n) is 2.15. The molecule has 1 aliphatic heterocycles. The quantitative estimate of drug-likeness (QED) is 0.390. The number of benzene rings is 1. The summed E-state index contributed by atoms with van der Waals surface area (Å²) >= 11 is 0. The molecule has 0 amide bonds. The van der Waals surface area contributed by atoms with Gasteiger partial charge < -0.3 is 0 Å². The monoisotopic (exact) mass is 163 g/mol. The molecule has 1 aromatic carbocycles. The number of hydrogen-bond acceptors (Lipinski definition) is 3. The lowest BCUT2D eigenvalue weighted by Crippen LogP contribution is -2.20. The van der Waals surface area contributed by atoms with Crippen molar-refractivity contribution in [2.45, 2.75) is 0 Å². The van der Waals surface area contributed by atoms with Gasteiger partial charge in [-0.15, -0.1) is 5.53 Å². The van der Waals surface area contributed by atoms with Gasteiger partial charge in [-0.05, 0) is 12.1 Å². The van der Waals surface area contributed by atoms with Crippen LogP contribution in [0.5, 0.6) is 5.75 Å². The lowest BCUT2D eigenvalue weighted by molar-refractivity contribution is -0.0141. The van der Waals surface area contributed by atoms with Gasteiger partial charge in [0, 0.05) is 0 Å². The van der Waals surface area contributed by atoms with E-state index in [4.69, 9.17) is 10.4 Å².